The molecule has 2 N–H and O–H groups in total. The summed E-state index contributed by atoms with van der Waals surface area (Å²) in [5, 5.41) is 9.24. The van der Waals surface area contributed by atoms with E-state index in [0.29, 0.717) is 9.09 Å². The molecule has 0 saturated heterocycles. The van der Waals surface area contributed by atoms with Crippen molar-refractivity contribution in [3.63, 3.8) is 0 Å². The van der Waals surface area contributed by atoms with Crippen molar-refractivity contribution >= 4 is 55.3 Å². The first-order chi connectivity index (χ1) is 11.4. The van der Waals surface area contributed by atoms with Crippen molar-refractivity contribution in [3.8, 4) is 0 Å². The Morgan fingerprint density at radius 3 is 2.62 bits per heavy atom. The van der Waals surface area contributed by atoms with Crippen LogP contribution in [0, 0.1) is 3.57 Å². The van der Waals surface area contributed by atoms with Crippen molar-refractivity contribution in [2.45, 2.75) is 4.90 Å². The predicted molar refractivity (Wildman–Crippen MR) is 96.5 cm³/mol. The van der Waals surface area contributed by atoms with E-state index in [1.54, 1.807) is 18.2 Å². The molecule has 0 spiro atoms. The van der Waals surface area contributed by atoms with E-state index in [1.807, 2.05) is 22.6 Å². The molecule has 1 heterocycles. The molecule has 9 heteroatoms. The van der Waals surface area contributed by atoms with E-state index >= 15 is 0 Å². The molecular weight excluding hydrogens is 445 g/mol. The first-order valence-corrected chi connectivity index (χ1v) is 9.20. The monoisotopic (exact) mass is 455 g/mol. The summed E-state index contributed by atoms with van der Waals surface area (Å²) in [6.45, 7) is 0. The first kappa shape index (κ1) is 16.6. The lowest BCUT2D eigenvalue weighted by Crippen LogP contribution is -2.16. The molecular formula is C15H10IN3O4S. The summed E-state index contributed by atoms with van der Waals surface area (Å²) < 4.78 is 28.5. The minimum Gasteiger partial charge on any atom is -0.478 e. The van der Waals surface area contributed by atoms with Gasteiger partial charge in [0.25, 0.3) is 10.0 Å². The summed E-state index contributed by atoms with van der Waals surface area (Å²) in [6, 6.07) is 9.00. The van der Waals surface area contributed by atoms with Crippen LogP contribution in [0.2, 0.25) is 0 Å². The van der Waals surface area contributed by atoms with Crippen LogP contribution in [-0.4, -0.2) is 29.5 Å². The number of hydrogen-bond donors (Lipinski definition) is 2. The number of anilines is 1. The molecule has 3 aromatic rings. The van der Waals surface area contributed by atoms with Crippen LogP contribution in [0.1, 0.15) is 10.4 Å². The van der Waals surface area contributed by atoms with E-state index in [9.17, 15) is 18.3 Å². The fourth-order valence-corrected chi connectivity index (χ4v) is 3.90. The molecule has 1 aromatic heterocycles. The second kappa shape index (κ2) is 6.32. The smallest absolute Gasteiger partial charge is 0.337 e. The maximum Gasteiger partial charge on any atom is 0.337 e. The number of halogens is 1. The third-order valence-corrected chi connectivity index (χ3v) is 5.28. The molecule has 0 atom stereocenters. The van der Waals surface area contributed by atoms with Gasteiger partial charge >= 0.3 is 5.97 Å². The molecule has 3 rings (SSSR count). The summed E-state index contributed by atoms with van der Waals surface area (Å²) >= 11 is 1.98. The van der Waals surface area contributed by atoms with Crippen LogP contribution in [0.15, 0.2) is 53.7 Å². The number of sulfonamides is 1. The van der Waals surface area contributed by atoms with Crippen molar-refractivity contribution in [2.24, 2.45) is 0 Å². The topological polar surface area (TPSA) is 109 Å². The van der Waals surface area contributed by atoms with Gasteiger partial charge < -0.3 is 5.11 Å². The molecule has 0 radical (unpaired) electrons. The lowest BCUT2D eigenvalue weighted by Gasteiger charge is -2.12. The van der Waals surface area contributed by atoms with Crippen LogP contribution in [0.3, 0.4) is 0 Å². The van der Waals surface area contributed by atoms with Gasteiger partial charge in [-0.05, 0) is 52.9 Å². The number of para-hydroxylation sites is 1. The van der Waals surface area contributed by atoms with Gasteiger partial charge in [0.05, 0.1) is 16.8 Å². The normalized spacial score (nSPS) is 11.4. The highest BCUT2D eigenvalue weighted by atomic mass is 127. The molecule has 122 valence electrons. The fraction of sp³-hybridized carbons (Fsp3) is 0. The van der Waals surface area contributed by atoms with E-state index in [2.05, 4.69) is 14.7 Å². The third-order valence-electron chi connectivity index (χ3n) is 3.21. The second-order valence-electron chi connectivity index (χ2n) is 4.78. The molecule has 0 bridgehead atoms. The average molecular weight is 455 g/mol. The summed E-state index contributed by atoms with van der Waals surface area (Å²) in [6.07, 6.45) is 2.86. The number of benzene rings is 2. The van der Waals surface area contributed by atoms with Gasteiger partial charge in [0.1, 0.15) is 10.4 Å². The number of aromatic carboxylic acids is 1. The van der Waals surface area contributed by atoms with Gasteiger partial charge in [0.2, 0.25) is 0 Å². The molecule has 7 nitrogen and oxygen atoms in total. The summed E-state index contributed by atoms with van der Waals surface area (Å²) in [7, 11) is -4.03. The van der Waals surface area contributed by atoms with E-state index in [1.165, 1.54) is 30.6 Å². The van der Waals surface area contributed by atoms with E-state index in [4.69, 9.17) is 0 Å². The van der Waals surface area contributed by atoms with Crippen molar-refractivity contribution in [1.82, 2.24) is 9.97 Å². The van der Waals surface area contributed by atoms with Gasteiger partial charge in [-0.3, -0.25) is 14.7 Å². The molecule has 0 aliphatic carbocycles. The first-order valence-electron chi connectivity index (χ1n) is 6.64. The number of aromatic nitrogens is 2. The zero-order valence-corrected chi connectivity index (χ0v) is 14.9. The van der Waals surface area contributed by atoms with Gasteiger partial charge in [-0.15, -0.1) is 0 Å². The number of rotatable bonds is 4. The number of carbonyl (C=O) groups is 1. The molecule has 0 amide bonds. The number of carboxylic acid groups (broad SMARTS) is 1. The van der Waals surface area contributed by atoms with E-state index < -0.39 is 16.0 Å². The van der Waals surface area contributed by atoms with Crippen LogP contribution >= 0.6 is 22.6 Å². The SMILES string of the molecule is O=C(O)c1ccc(I)cc1NS(=O)(=O)c1cccc2nccnc12. The Kier molecular flexibility index (Phi) is 4.37. The maximum absolute atomic E-state index is 12.7. The van der Waals surface area contributed by atoms with Crippen LogP contribution in [0.4, 0.5) is 5.69 Å². The van der Waals surface area contributed by atoms with E-state index in [0.717, 1.165) is 0 Å². The predicted octanol–water partition coefficient (Wildman–Crippen LogP) is 2.73. The fourth-order valence-electron chi connectivity index (χ4n) is 2.17. The van der Waals surface area contributed by atoms with Crippen molar-refractivity contribution in [3.05, 3.63) is 57.9 Å². The quantitative estimate of drug-likeness (QED) is 0.586. The molecule has 0 fully saturated rings. The standard InChI is InChI=1S/C15H10IN3O4S/c16-9-4-5-10(15(20)21)12(8-9)19-24(22,23)13-3-1-2-11-14(13)18-7-6-17-11/h1-8,19H,(H,20,21). The maximum atomic E-state index is 12.7. The third kappa shape index (κ3) is 3.17. The Balaban J connectivity index is 2.13. The van der Waals surface area contributed by atoms with Gasteiger partial charge in [-0.1, -0.05) is 6.07 Å². The summed E-state index contributed by atoms with van der Waals surface area (Å²) in [4.78, 5) is 19.4. The lowest BCUT2D eigenvalue weighted by molar-refractivity contribution is 0.0698. The van der Waals surface area contributed by atoms with Gasteiger partial charge in [-0.2, -0.15) is 0 Å². The molecule has 0 unspecified atom stereocenters. The Hall–Kier alpha value is -2.27. The number of carboxylic acids is 1. The highest BCUT2D eigenvalue weighted by Gasteiger charge is 2.21. The Morgan fingerprint density at radius 2 is 1.88 bits per heavy atom. The average Bonchev–Trinajstić information content (AvgIpc) is 2.53. The number of nitrogens with one attached hydrogen (secondary N) is 1. The van der Waals surface area contributed by atoms with Gasteiger partial charge in [-0.25, -0.2) is 13.2 Å². The summed E-state index contributed by atoms with van der Waals surface area (Å²) in [5.74, 6) is -1.22. The molecule has 0 aliphatic heterocycles. The van der Waals surface area contributed by atoms with Crippen molar-refractivity contribution < 1.29 is 18.3 Å². The van der Waals surface area contributed by atoms with Crippen LogP contribution < -0.4 is 4.72 Å². The Bertz CT molecular complexity index is 1050. The van der Waals surface area contributed by atoms with Gasteiger partial charge in [0.15, 0.2) is 0 Å². The molecule has 0 aliphatic rings. The Labute approximate surface area is 151 Å². The minimum atomic E-state index is -4.03. The van der Waals surface area contributed by atoms with Crippen LogP contribution in [0.5, 0.6) is 0 Å². The molecule has 2 aromatic carbocycles. The summed E-state index contributed by atoms with van der Waals surface area (Å²) in [5.41, 5.74) is 0.511. The zero-order chi connectivity index (χ0) is 17.3. The number of nitrogens with zero attached hydrogens (tertiary/aromatic N) is 2. The molecule has 24 heavy (non-hydrogen) atoms. The Morgan fingerprint density at radius 1 is 1.12 bits per heavy atom. The van der Waals surface area contributed by atoms with Crippen molar-refractivity contribution in [2.75, 3.05) is 4.72 Å². The van der Waals surface area contributed by atoms with Gasteiger partial charge in [0, 0.05) is 16.0 Å². The minimum absolute atomic E-state index is 0.00436. The van der Waals surface area contributed by atoms with Crippen LogP contribution in [0.25, 0.3) is 11.0 Å². The highest BCUT2D eigenvalue weighted by molar-refractivity contribution is 14.1. The highest BCUT2D eigenvalue weighted by Crippen LogP contribution is 2.25. The number of hydrogen-bond acceptors (Lipinski definition) is 5. The van der Waals surface area contributed by atoms with Crippen molar-refractivity contribution in [1.29, 1.82) is 0 Å². The lowest BCUT2D eigenvalue weighted by atomic mass is 10.2. The zero-order valence-electron chi connectivity index (χ0n) is 12.0. The largest absolute Gasteiger partial charge is 0.478 e. The second-order valence-corrected chi connectivity index (χ2v) is 7.68. The molecule has 0 saturated carbocycles. The van der Waals surface area contributed by atoms with E-state index in [-0.39, 0.29) is 21.7 Å². The number of fused-ring (bicyclic) bond motifs is 1. The van der Waals surface area contributed by atoms with Crippen LogP contribution in [-0.2, 0) is 10.0 Å².